The lowest BCUT2D eigenvalue weighted by molar-refractivity contribution is 0.595. The van der Waals surface area contributed by atoms with Crippen LogP contribution in [0.4, 0.5) is 20.3 Å². The molecule has 2 aromatic rings. The van der Waals surface area contributed by atoms with Gasteiger partial charge in [-0.15, -0.1) is 0 Å². The fourth-order valence-corrected chi connectivity index (χ4v) is 1.82. The number of nitrogens with one attached hydrogen (secondary N) is 1. The van der Waals surface area contributed by atoms with Gasteiger partial charge >= 0.3 is 0 Å². The largest absolute Gasteiger partial charge is 0.327 e. The number of anilines is 2. The van der Waals surface area contributed by atoms with Gasteiger partial charge in [-0.3, -0.25) is 0 Å². The third kappa shape index (κ3) is 2.88. The fraction of sp³-hybridized carbons (Fsp3) is 0.214. The smallest absolute Gasteiger partial charge is 0.170 e. The molecule has 2 rings (SSSR count). The Morgan fingerprint density at radius 3 is 2.47 bits per heavy atom. The summed E-state index contributed by atoms with van der Waals surface area (Å²) in [4.78, 5) is 5.64. The minimum atomic E-state index is -0.372. The van der Waals surface area contributed by atoms with Crippen LogP contribution in [0.1, 0.15) is 5.56 Å². The van der Waals surface area contributed by atoms with Gasteiger partial charge in [0.05, 0.1) is 0 Å². The maximum absolute atomic E-state index is 14.3. The number of halogens is 2. The zero-order valence-electron chi connectivity index (χ0n) is 10.8. The second-order valence-electron chi connectivity index (χ2n) is 4.17. The molecule has 100 valence electrons. The van der Waals surface area contributed by atoms with Crippen molar-refractivity contribution in [3.05, 3.63) is 53.7 Å². The van der Waals surface area contributed by atoms with Gasteiger partial charge in [0.15, 0.2) is 11.6 Å². The molecular weight excluding hydrogens is 248 g/mol. The lowest BCUT2D eigenvalue weighted by Gasteiger charge is -2.19. The highest BCUT2D eigenvalue weighted by Crippen LogP contribution is 2.25. The number of benzene rings is 1. The standard InChI is InChI=1S/C14H15F2N3/c1-17-9-10-7-8-18-14(13(10)16)19(2)12-5-3-11(15)4-6-12/h3-8,17H,9H2,1-2H3. The van der Waals surface area contributed by atoms with E-state index >= 15 is 0 Å². The van der Waals surface area contributed by atoms with Crippen molar-refractivity contribution in [3.63, 3.8) is 0 Å². The first-order valence-corrected chi connectivity index (χ1v) is 5.90. The molecule has 0 bridgehead atoms. The third-order valence-electron chi connectivity index (χ3n) is 2.85. The summed E-state index contributed by atoms with van der Waals surface area (Å²) in [6.07, 6.45) is 1.56. The fourth-order valence-electron chi connectivity index (χ4n) is 1.82. The first-order chi connectivity index (χ1) is 9.13. The van der Waals surface area contributed by atoms with Crippen molar-refractivity contribution in [1.29, 1.82) is 0 Å². The number of nitrogens with zero attached hydrogens (tertiary/aromatic N) is 2. The molecule has 1 aromatic carbocycles. The Morgan fingerprint density at radius 2 is 1.84 bits per heavy atom. The molecule has 0 radical (unpaired) electrons. The molecule has 0 atom stereocenters. The van der Waals surface area contributed by atoms with Crippen LogP contribution in [0, 0.1) is 11.6 Å². The van der Waals surface area contributed by atoms with Gasteiger partial charge in [0, 0.05) is 31.0 Å². The molecule has 0 fully saturated rings. The van der Waals surface area contributed by atoms with E-state index in [-0.39, 0.29) is 17.5 Å². The Morgan fingerprint density at radius 1 is 1.16 bits per heavy atom. The van der Waals surface area contributed by atoms with Crippen LogP contribution in [0.15, 0.2) is 36.5 Å². The Balaban J connectivity index is 2.35. The normalized spacial score (nSPS) is 10.5. The summed E-state index contributed by atoms with van der Waals surface area (Å²) in [6, 6.07) is 7.47. The van der Waals surface area contributed by atoms with Gasteiger partial charge in [-0.25, -0.2) is 13.8 Å². The summed E-state index contributed by atoms with van der Waals surface area (Å²) in [5.41, 5.74) is 1.22. The molecule has 1 heterocycles. The third-order valence-corrected chi connectivity index (χ3v) is 2.85. The van der Waals surface area contributed by atoms with Crippen LogP contribution in [0.25, 0.3) is 0 Å². The van der Waals surface area contributed by atoms with E-state index in [2.05, 4.69) is 10.3 Å². The second kappa shape index (κ2) is 5.75. The number of aromatic nitrogens is 1. The first-order valence-electron chi connectivity index (χ1n) is 5.90. The number of rotatable bonds is 4. The summed E-state index contributed by atoms with van der Waals surface area (Å²) >= 11 is 0. The van der Waals surface area contributed by atoms with Crippen molar-refractivity contribution in [3.8, 4) is 0 Å². The van der Waals surface area contributed by atoms with E-state index in [4.69, 9.17) is 0 Å². The Kier molecular flexibility index (Phi) is 4.06. The average molecular weight is 263 g/mol. The van der Waals surface area contributed by atoms with Crippen molar-refractivity contribution < 1.29 is 8.78 Å². The molecule has 0 aliphatic carbocycles. The zero-order chi connectivity index (χ0) is 13.8. The monoisotopic (exact) mass is 263 g/mol. The van der Waals surface area contributed by atoms with E-state index in [1.165, 1.54) is 12.1 Å². The summed E-state index contributed by atoms with van der Waals surface area (Å²) in [7, 11) is 3.45. The van der Waals surface area contributed by atoms with Crippen LogP contribution in [-0.4, -0.2) is 19.1 Å². The number of hydrogen-bond donors (Lipinski definition) is 1. The van der Waals surface area contributed by atoms with E-state index in [0.717, 1.165) is 0 Å². The lowest BCUT2D eigenvalue weighted by Crippen LogP contribution is -2.16. The van der Waals surface area contributed by atoms with Crippen LogP contribution < -0.4 is 10.2 Å². The number of hydrogen-bond acceptors (Lipinski definition) is 3. The molecule has 3 nitrogen and oxygen atoms in total. The molecule has 0 aliphatic heterocycles. The molecule has 0 saturated heterocycles. The molecule has 19 heavy (non-hydrogen) atoms. The van der Waals surface area contributed by atoms with Gasteiger partial charge in [0.25, 0.3) is 0 Å². The van der Waals surface area contributed by atoms with Gasteiger partial charge in [0.1, 0.15) is 5.82 Å². The molecule has 1 aromatic heterocycles. The highest BCUT2D eigenvalue weighted by molar-refractivity contribution is 5.60. The molecule has 0 saturated carbocycles. The Labute approximate surface area is 110 Å². The topological polar surface area (TPSA) is 28.2 Å². The van der Waals surface area contributed by atoms with Crippen molar-refractivity contribution in [2.75, 3.05) is 19.0 Å². The van der Waals surface area contributed by atoms with Crippen LogP contribution >= 0.6 is 0 Å². The van der Waals surface area contributed by atoms with Crippen LogP contribution in [-0.2, 0) is 6.54 Å². The predicted molar refractivity (Wildman–Crippen MR) is 71.4 cm³/mol. The van der Waals surface area contributed by atoms with Crippen LogP contribution in [0.2, 0.25) is 0 Å². The molecule has 5 heteroatoms. The molecule has 0 unspecified atom stereocenters. The SMILES string of the molecule is CNCc1ccnc(N(C)c2ccc(F)cc2)c1F. The Bertz CT molecular complexity index is 555. The highest BCUT2D eigenvalue weighted by atomic mass is 19.1. The van der Waals surface area contributed by atoms with Crippen molar-refractivity contribution >= 4 is 11.5 Å². The summed E-state index contributed by atoms with van der Waals surface area (Å²) in [5.74, 6) is -0.474. The maximum atomic E-state index is 14.3. The van der Waals surface area contributed by atoms with Crippen molar-refractivity contribution in [2.45, 2.75) is 6.54 Å². The summed E-state index contributed by atoms with van der Waals surface area (Å²) in [6.45, 7) is 0.429. The van der Waals surface area contributed by atoms with Gasteiger partial charge in [0.2, 0.25) is 0 Å². The molecule has 1 N–H and O–H groups in total. The highest BCUT2D eigenvalue weighted by Gasteiger charge is 2.14. The Hall–Kier alpha value is -2.01. The minimum absolute atomic E-state index is 0.222. The van der Waals surface area contributed by atoms with E-state index in [1.807, 2.05) is 0 Å². The lowest BCUT2D eigenvalue weighted by atomic mass is 10.2. The molecule has 0 amide bonds. The van der Waals surface area contributed by atoms with E-state index in [0.29, 0.717) is 17.8 Å². The second-order valence-corrected chi connectivity index (χ2v) is 4.17. The predicted octanol–water partition coefficient (Wildman–Crippen LogP) is 2.85. The van der Waals surface area contributed by atoms with E-state index in [9.17, 15) is 8.78 Å². The number of pyridine rings is 1. The van der Waals surface area contributed by atoms with Crippen molar-refractivity contribution in [1.82, 2.24) is 10.3 Å². The van der Waals surface area contributed by atoms with Gasteiger partial charge < -0.3 is 10.2 Å². The summed E-state index contributed by atoms with van der Waals surface area (Å²) < 4.78 is 27.1. The van der Waals surface area contributed by atoms with Crippen LogP contribution in [0.3, 0.4) is 0 Å². The molecule has 0 aliphatic rings. The van der Waals surface area contributed by atoms with Gasteiger partial charge in [-0.05, 0) is 37.4 Å². The quantitative estimate of drug-likeness (QED) is 0.919. The molecule has 0 spiro atoms. The van der Waals surface area contributed by atoms with E-state index in [1.54, 1.807) is 43.4 Å². The first kappa shape index (κ1) is 13.4. The summed E-state index contributed by atoms with van der Waals surface area (Å²) in [5, 5.41) is 2.90. The van der Waals surface area contributed by atoms with E-state index < -0.39 is 0 Å². The minimum Gasteiger partial charge on any atom is -0.327 e. The maximum Gasteiger partial charge on any atom is 0.170 e. The van der Waals surface area contributed by atoms with Gasteiger partial charge in [-0.1, -0.05) is 0 Å². The van der Waals surface area contributed by atoms with Crippen LogP contribution in [0.5, 0.6) is 0 Å². The molecular formula is C14H15F2N3. The van der Waals surface area contributed by atoms with Crippen molar-refractivity contribution in [2.24, 2.45) is 0 Å². The van der Waals surface area contributed by atoms with Gasteiger partial charge in [-0.2, -0.15) is 0 Å². The average Bonchev–Trinajstić information content (AvgIpc) is 2.41. The zero-order valence-corrected chi connectivity index (χ0v) is 10.8.